The number of ether oxygens (including phenoxy) is 2. The lowest BCUT2D eigenvalue weighted by molar-refractivity contribution is -0.0455. The largest absolute Gasteiger partial charge is 0.478 e. The van der Waals surface area contributed by atoms with Crippen molar-refractivity contribution in [3.63, 3.8) is 0 Å². The van der Waals surface area contributed by atoms with Crippen molar-refractivity contribution >= 4 is 40.8 Å². The summed E-state index contributed by atoms with van der Waals surface area (Å²) in [7, 11) is 3.57. The maximum absolute atomic E-state index is 15.5. The van der Waals surface area contributed by atoms with Gasteiger partial charge in [0, 0.05) is 42.5 Å². The van der Waals surface area contributed by atoms with Crippen molar-refractivity contribution in [1.82, 2.24) is 14.7 Å². The monoisotopic (exact) mass is 624 g/mol. The molecule has 1 fully saturated rings. The van der Waals surface area contributed by atoms with Crippen molar-refractivity contribution in [1.29, 1.82) is 0 Å². The van der Waals surface area contributed by atoms with Gasteiger partial charge in [0.2, 0.25) is 0 Å². The van der Waals surface area contributed by atoms with Crippen LogP contribution in [0.1, 0.15) is 33.2 Å². The number of aromatic carboxylic acids is 1. The highest BCUT2D eigenvalue weighted by Crippen LogP contribution is 2.42. The van der Waals surface area contributed by atoms with E-state index in [4.69, 9.17) is 32.7 Å². The van der Waals surface area contributed by atoms with Gasteiger partial charge in [-0.2, -0.15) is 5.10 Å². The number of hydrogen-bond donors (Lipinski definition) is 1. The van der Waals surface area contributed by atoms with Gasteiger partial charge in [-0.1, -0.05) is 41.4 Å². The lowest BCUT2D eigenvalue weighted by atomic mass is 9.93. The summed E-state index contributed by atoms with van der Waals surface area (Å²) in [6.07, 6.45) is 3.50. The molecule has 1 aromatic heterocycles. The molecule has 43 heavy (non-hydrogen) atoms. The molecule has 3 aromatic carbocycles. The van der Waals surface area contributed by atoms with Crippen molar-refractivity contribution in [2.24, 2.45) is 7.05 Å². The van der Waals surface area contributed by atoms with E-state index in [9.17, 15) is 14.7 Å². The van der Waals surface area contributed by atoms with E-state index in [1.165, 1.54) is 11.0 Å². The fraction of sp³-hybridized carbons (Fsp3) is 0.258. The van der Waals surface area contributed by atoms with Crippen LogP contribution in [-0.2, 0) is 18.3 Å². The Labute approximate surface area is 256 Å². The number of carboxylic acids is 1. The number of carbonyl (C=O) groups is 2. The lowest BCUT2D eigenvalue weighted by Gasteiger charge is -2.47. The third kappa shape index (κ3) is 5.09. The highest BCUT2D eigenvalue weighted by atomic mass is 35.5. The number of carboxylic acid groups (broad SMARTS) is 1. The number of hydrogen-bond acceptors (Lipinski definition) is 6. The van der Waals surface area contributed by atoms with Gasteiger partial charge in [0.1, 0.15) is 11.6 Å². The molecule has 0 unspecified atom stereocenters. The third-order valence-electron chi connectivity index (χ3n) is 8.01. The van der Waals surface area contributed by atoms with Gasteiger partial charge in [-0.3, -0.25) is 9.48 Å². The number of amides is 1. The molecule has 0 saturated carbocycles. The normalized spacial score (nSPS) is 15.3. The molecule has 0 radical (unpaired) electrons. The summed E-state index contributed by atoms with van der Waals surface area (Å²) in [6, 6.07) is 11.1. The van der Waals surface area contributed by atoms with Crippen LogP contribution < -0.4 is 9.64 Å². The van der Waals surface area contributed by atoms with Crippen LogP contribution in [0, 0.1) is 5.82 Å². The van der Waals surface area contributed by atoms with Crippen molar-refractivity contribution < 1.29 is 28.6 Å². The first-order valence-corrected chi connectivity index (χ1v) is 14.1. The van der Waals surface area contributed by atoms with Crippen molar-refractivity contribution in [2.45, 2.75) is 19.0 Å². The SMILES string of the molecule is CN(c1cc(-c2cccc3c2OCN(C(=O)c2c(Cl)cc(-c4cnn(C)c4)cc2Cl)C3)c(F)cc1C(=O)O)C1(C)COC1. The number of benzene rings is 3. The second kappa shape index (κ2) is 10.9. The Kier molecular flexibility index (Phi) is 7.32. The zero-order valence-electron chi connectivity index (χ0n) is 23.5. The number of rotatable bonds is 6. The second-order valence-corrected chi connectivity index (χ2v) is 11.8. The predicted molar refractivity (Wildman–Crippen MR) is 160 cm³/mol. The summed E-state index contributed by atoms with van der Waals surface area (Å²) in [5.74, 6) is -1.94. The van der Waals surface area contributed by atoms with Gasteiger partial charge in [0.15, 0.2) is 6.73 Å². The highest BCUT2D eigenvalue weighted by molar-refractivity contribution is 6.40. The molecule has 4 aromatic rings. The molecule has 6 rings (SSSR count). The van der Waals surface area contributed by atoms with E-state index >= 15 is 4.39 Å². The van der Waals surface area contributed by atoms with E-state index in [1.54, 1.807) is 55.3 Å². The molecule has 0 bridgehead atoms. The molecule has 2 aliphatic rings. The van der Waals surface area contributed by atoms with Gasteiger partial charge in [0.25, 0.3) is 5.91 Å². The zero-order valence-corrected chi connectivity index (χ0v) is 25.0. The number of aromatic nitrogens is 2. The Morgan fingerprint density at radius 3 is 2.42 bits per heavy atom. The van der Waals surface area contributed by atoms with E-state index < -0.39 is 23.2 Å². The first-order valence-electron chi connectivity index (χ1n) is 13.4. The molecule has 3 heterocycles. The molecular formula is C31H27Cl2FN4O5. The topological polar surface area (TPSA) is 97.1 Å². The molecule has 1 amide bonds. The fourth-order valence-corrected chi connectivity index (χ4v) is 6.04. The number of para-hydroxylation sites is 1. The van der Waals surface area contributed by atoms with E-state index in [0.717, 1.165) is 17.2 Å². The Balaban J connectivity index is 1.32. The number of carbonyl (C=O) groups excluding carboxylic acids is 1. The summed E-state index contributed by atoms with van der Waals surface area (Å²) in [4.78, 5) is 28.9. The number of anilines is 1. The minimum atomic E-state index is -1.23. The molecule has 9 nitrogen and oxygen atoms in total. The minimum Gasteiger partial charge on any atom is -0.478 e. The molecule has 0 aliphatic carbocycles. The van der Waals surface area contributed by atoms with Gasteiger partial charge in [0.05, 0.1) is 58.4 Å². The number of fused-ring (bicyclic) bond motifs is 1. The summed E-state index contributed by atoms with van der Waals surface area (Å²) in [5, 5.41) is 14.4. The predicted octanol–water partition coefficient (Wildman–Crippen LogP) is 6.12. The van der Waals surface area contributed by atoms with Crippen molar-refractivity contribution in [3.05, 3.63) is 87.4 Å². The van der Waals surface area contributed by atoms with Gasteiger partial charge in [-0.05, 0) is 36.8 Å². The molecule has 0 spiro atoms. The quantitative estimate of drug-likeness (QED) is 0.276. The van der Waals surface area contributed by atoms with Crippen LogP contribution in [0.4, 0.5) is 10.1 Å². The molecule has 2 aliphatic heterocycles. The van der Waals surface area contributed by atoms with Crippen LogP contribution in [0.5, 0.6) is 5.75 Å². The van der Waals surface area contributed by atoms with Crippen LogP contribution >= 0.6 is 23.2 Å². The van der Waals surface area contributed by atoms with Gasteiger partial charge in [-0.15, -0.1) is 0 Å². The first kappa shape index (κ1) is 29.0. The Hall–Kier alpha value is -4.12. The van der Waals surface area contributed by atoms with E-state index in [2.05, 4.69) is 5.10 Å². The molecule has 222 valence electrons. The van der Waals surface area contributed by atoms with Crippen molar-refractivity contribution in [3.8, 4) is 28.0 Å². The third-order valence-corrected chi connectivity index (χ3v) is 8.60. The van der Waals surface area contributed by atoms with Crippen molar-refractivity contribution in [2.75, 3.05) is 31.9 Å². The minimum absolute atomic E-state index is 0.128. The Morgan fingerprint density at radius 2 is 1.81 bits per heavy atom. The standard InChI is InChI=1S/C31H27Cl2FN4O5/c1-31(14-42-15-31)37(3)26-10-21(25(34)9-22(26)30(40)41)20-6-4-5-17-13-38(16-43-28(17)20)29(39)27-23(32)7-18(8-24(27)33)19-11-35-36(2)12-19/h4-12H,13-16H2,1-3H3,(H,40,41). The van der Waals surface area contributed by atoms with E-state index in [-0.39, 0.29) is 40.0 Å². The highest BCUT2D eigenvalue weighted by Gasteiger charge is 2.39. The Morgan fingerprint density at radius 1 is 1.09 bits per heavy atom. The molecule has 0 atom stereocenters. The van der Waals surface area contributed by atoms with Crippen LogP contribution in [-0.4, -0.2) is 64.2 Å². The summed E-state index contributed by atoms with van der Waals surface area (Å²) in [6.45, 7) is 2.83. The molecule has 1 N–H and O–H groups in total. The van der Waals surface area contributed by atoms with Gasteiger partial charge < -0.3 is 24.4 Å². The molecular weight excluding hydrogens is 598 g/mol. The van der Waals surface area contributed by atoms with Gasteiger partial charge >= 0.3 is 5.97 Å². The van der Waals surface area contributed by atoms with E-state index in [1.807, 2.05) is 18.0 Å². The van der Waals surface area contributed by atoms with Crippen LogP contribution in [0.3, 0.4) is 0 Å². The Bertz CT molecular complexity index is 1760. The number of halogens is 3. The lowest BCUT2D eigenvalue weighted by Crippen LogP contribution is -2.59. The maximum Gasteiger partial charge on any atom is 0.337 e. The smallest absolute Gasteiger partial charge is 0.337 e. The average molecular weight is 625 g/mol. The van der Waals surface area contributed by atoms with Gasteiger partial charge in [-0.25, -0.2) is 9.18 Å². The maximum atomic E-state index is 15.5. The van der Waals surface area contributed by atoms with Crippen LogP contribution in [0.25, 0.3) is 22.3 Å². The summed E-state index contributed by atoms with van der Waals surface area (Å²) in [5.41, 5.74) is 2.74. The molecule has 12 heteroatoms. The summed E-state index contributed by atoms with van der Waals surface area (Å²) >= 11 is 13.1. The number of likely N-dealkylation sites (N-methyl/N-ethyl adjacent to an activating group) is 1. The summed E-state index contributed by atoms with van der Waals surface area (Å²) < 4.78 is 28.6. The second-order valence-electron chi connectivity index (χ2n) is 11.0. The van der Waals surface area contributed by atoms with Crippen LogP contribution in [0.2, 0.25) is 10.0 Å². The van der Waals surface area contributed by atoms with E-state index in [0.29, 0.717) is 35.8 Å². The zero-order chi connectivity index (χ0) is 30.6. The average Bonchev–Trinajstić information content (AvgIpc) is 3.40. The fourth-order valence-electron chi connectivity index (χ4n) is 5.39. The van der Waals surface area contributed by atoms with Crippen LogP contribution in [0.15, 0.2) is 54.9 Å². The number of nitrogens with zero attached hydrogens (tertiary/aromatic N) is 4. The molecule has 1 saturated heterocycles. The first-order chi connectivity index (χ1) is 20.5. The number of aryl methyl sites for hydroxylation is 1.